The summed E-state index contributed by atoms with van der Waals surface area (Å²) in [5.41, 5.74) is 0.648. The van der Waals surface area contributed by atoms with Crippen molar-refractivity contribution < 1.29 is 13.7 Å². The Morgan fingerprint density at radius 3 is 2.92 bits per heavy atom. The lowest BCUT2D eigenvalue weighted by molar-refractivity contribution is -0.115. The summed E-state index contributed by atoms with van der Waals surface area (Å²) in [6.45, 7) is 1.70. The predicted molar refractivity (Wildman–Crippen MR) is 94.0 cm³/mol. The Bertz CT molecular complexity index is 903. The molecule has 0 saturated carbocycles. The zero-order valence-electron chi connectivity index (χ0n) is 13.7. The molecule has 1 aromatic carbocycles. The molecule has 0 aliphatic heterocycles. The lowest BCUT2D eigenvalue weighted by Gasteiger charge is -2.10. The number of pyridine rings is 1. The van der Waals surface area contributed by atoms with Crippen LogP contribution >= 0.6 is 11.6 Å². The Kier molecular flexibility index (Phi) is 5.55. The second-order valence-corrected chi connectivity index (χ2v) is 5.88. The number of amides is 1. The topological polar surface area (TPSA) is 92.9 Å². The van der Waals surface area contributed by atoms with Crippen molar-refractivity contribution in [3.63, 3.8) is 0 Å². The second kappa shape index (κ2) is 8.03. The van der Waals surface area contributed by atoms with Gasteiger partial charge in [-0.1, -0.05) is 22.8 Å². The van der Waals surface area contributed by atoms with Crippen molar-refractivity contribution in [3.05, 3.63) is 59.3 Å². The summed E-state index contributed by atoms with van der Waals surface area (Å²) >= 11 is 5.68. The van der Waals surface area contributed by atoms with Crippen LogP contribution in [0.25, 0.3) is 11.5 Å². The number of anilines is 1. The van der Waals surface area contributed by atoms with E-state index in [4.69, 9.17) is 16.1 Å². The fourth-order valence-corrected chi connectivity index (χ4v) is 2.29. The third-order valence-electron chi connectivity index (χ3n) is 3.48. The molecular formula is C17H15ClFN5O2. The van der Waals surface area contributed by atoms with E-state index in [1.807, 2.05) is 6.07 Å². The minimum absolute atomic E-state index is 0.0593. The lowest BCUT2D eigenvalue weighted by atomic mass is 10.3. The first-order chi connectivity index (χ1) is 12.5. The number of rotatable bonds is 6. The standard InChI is InChI=1S/C17H15ClFN5O2/c1-10(17-23-16(24-26-17)14-4-2-3-7-20-14)21-9-15(25)22-13-6-5-11(18)8-12(13)19/h2-8,10,21H,9H2,1H3,(H,22,25)/t10-/m1/s1. The lowest BCUT2D eigenvalue weighted by Crippen LogP contribution is -2.30. The highest BCUT2D eigenvalue weighted by Gasteiger charge is 2.17. The van der Waals surface area contributed by atoms with Crippen LogP contribution in [0.15, 0.2) is 47.1 Å². The zero-order chi connectivity index (χ0) is 18.5. The molecule has 26 heavy (non-hydrogen) atoms. The Morgan fingerprint density at radius 2 is 2.19 bits per heavy atom. The molecule has 0 aliphatic rings. The molecule has 2 N–H and O–H groups in total. The molecule has 0 bridgehead atoms. The summed E-state index contributed by atoms with van der Waals surface area (Å²) in [4.78, 5) is 20.4. The van der Waals surface area contributed by atoms with Crippen LogP contribution in [0.5, 0.6) is 0 Å². The van der Waals surface area contributed by atoms with Crippen LogP contribution in [0.3, 0.4) is 0 Å². The molecule has 2 heterocycles. The van der Waals surface area contributed by atoms with Crippen molar-refractivity contribution in [3.8, 4) is 11.5 Å². The molecule has 2 aromatic heterocycles. The first-order valence-corrected chi connectivity index (χ1v) is 8.14. The predicted octanol–water partition coefficient (Wildman–Crippen LogP) is 3.21. The highest BCUT2D eigenvalue weighted by molar-refractivity contribution is 6.30. The van der Waals surface area contributed by atoms with Gasteiger partial charge in [0, 0.05) is 11.2 Å². The van der Waals surface area contributed by atoms with E-state index in [1.54, 1.807) is 25.3 Å². The zero-order valence-corrected chi connectivity index (χ0v) is 14.5. The summed E-state index contributed by atoms with van der Waals surface area (Å²) in [6.07, 6.45) is 1.63. The number of halogens is 2. The monoisotopic (exact) mass is 375 g/mol. The highest BCUT2D eigenvalue weighted by atomic mass is 35.5. The van der Waals surface area contributed by atoms with E-state index in [0.29, 0.717) is 17.4 Å². The fourth-order valence-electron chi connectivity index (χ4n) is 2.13. The van der Waals surface area contributed by atoms with Crippen molar-refractivity contribution in [2.75, 3.05) is 11.9 Å². The smallest absolute Gasteiger partial charge is 0.243 e. The maximum absolute atomic E-state index is 13.7. The molecule has 0 spiro atoms. The number of hydrogen-bond acceptors (Lipinski definition) is 6. The van der Waals surface area contributed by atoms with Crippen LogP contribution in [0, 0.1) is 5.82 Å². The van der Waals surface area contributed by atoms with Crippen molar-refractivity contribution in [2.45, 2.75) is 13.0 Å². The van der Waals surface area contributed by atoms with Crippen LogP contribution < -0.4 is 10.6 Å². The number of benzene rings is 1. The van der Waals surface area contributed by atoms with Crippen molar-refractivity contribution in [1.29, 1.82) is 0 Å². The SMILES string of the molecule is C[C@@H](NCC(=O)Nc1ccc(Cl)cc1F)c1nc(-c2ccccn2)no1. The van der Waals surface area contributed by atoms with Gasteiger partial charge in [0.15, 0.2) is 0 Å². The minimum atomic E-state index is -0.601. The van der Waals surface area contributed by atoms with Gasteiger partial charge < -0.3 is 9.84 Å². The van der Waals surface area contributed by atoms with E-state index in [1.165, 1.54) is 12.1 Å². The fraction of sp³-hybridized carbons (Fsp3) is 0.176. The third kappa shape index (κ3) is 4.41. The maximum Gasteiger partial charge on any atom is 0.243 e. The van der Waals surface area contributed by atoms with E-state index in [-0.39, 0.29) is 23.3 Å². The van der Waals surface area contributed by atoms with E-state index in [0.717, 1.165) is 6.07 Å². The molecule has 1 amide bonds. The third-order valence-corrected chi connectivity index (χ3v) is 3.72. The minimum Gasteiger partial charge on any atom is -0.337 e. The Labute approximate surface area is 153 Å². The molecule has 3 rings (SSSR count). The van der Waals surface area contributed by atoms with Gasteiger partial charge in [0.25, 0.3) is 0 Å². The number of hydrogen-bond donors (Lipinski definition) is 2. The van der Waals surface area contributed by atoms with Crippen molar-refractivity contribution in [1.82, 2.24) is 20.4 Å². The molecule has 0 unspecified atom stereocenters. The molecule has 134 valence electrons. The number of nitrogens with one attached hydrogen (secondary N) is 2. The van der Waals surface area contributed by atoms with Crippen molar-refractivity contribution >= 4 is 23.2 Å². The molecule has 9 heteroatoms. The van der Waals surface area contributed by atoms with Gasteiger partial charge in [0.1, 0.15) is 11.5 Å². The van der Waals surface area contributed by atoms with Gasteiger partial charge >= 0.3 is 0 Å². The highest BCUT2D eigenvalue weighted by Crippen LogP contribution is 2.19. The van der Waals surface area contributed by atoms with Crippen LogP contribution in [0.1, 0.15) is 18.9 Å². The largest absolute Gasteiger partial charge is 0.337 e. The van der Waals surface area contributed by atoms with E-state index >= 15 is 0 Å². The van der Waals surface area contributed by atoms with E-state index in [2.05, 4.69) is 25.8 Å². The van der Waals surface area contributed by atoms with E-state index < -0.39 is 11.7 Å². The molecule has 7 nitrogen and oxygen atoms in total. The number of carbonyl (C=O) groups is 1. The van der Waals surface area contributed by atoms with Gasteiger partial charge in [-0.15, -0.1) is 0 Å². The summed E-state index contributed by atoms with van der Waals surface area (Å²) in [7, 11) is 0. The van der Waals surface area contributed by atoms with Crippen LogP contribution in [-0.4, -0.2) is 27.6 Å². The molecule has 0 fully saturated rings. The quantitative estimate of drug-likeness (QED) is 0.687. The Balaban J connectivity index is 1.56. The van der Waals surface area contributed by atoms with E-state index in [9.17, 15) is 9.18 Å². The Morgan fingerprint density at radius 1 is 1.35 bits per heavy atom. The van der Waals surface area contributed by atoms with Gasteiger partial charge in [-0.2, -0.15) is 4.98 Å². The molecule has 0 saturated heterocycles. The summed E-state index contributed by atoms with van der Waals surface area (Å²) in [5, 5.41) is 9.53. The molecule has 3 aromatic rings. The van der Waals surface area contributed by atoms with Crippen LogP contribution in [0.2, 0.25) is 5.02 Å². The number of aromatic nitrogens is 3. The summed E-state index contributed by atoms with van der Waals surface area (Å²) in [6, 6.07) is 9.02. The molecule has 0 aliphatic carbocycles. The molecular weight excluding hydrogens is 361 g/mol. The van der Waals surface area contributed by atoms with Crippen LogP contribution in [-0.2, 0) is 4.79 Å². The number of carbonyl (C=O) groups excluding carboxylic acids is 1. The summed E-state index contributed by atoms with van der Waals surface area (Å²) in [5.74, 6) is -0.337. The van der Waals surface area contributed by atoms with Gasteiger partial charge in [0.2, 0.25) is 17.6 Å². The molecule has 0 radical (unpaired) electrons. The van der Waals surface area contributed by atoms with Gasteiger partial charge in [-0.25, -0.2) is 4.39 Å². The molecule has 1 atom stereocenters. The average molecular weight is 376 g/mol. The van der Waals surface area contributed by atoms with Gasteiger partial charge in [-0.05, 0) is 37.3 Å². The van der Waals surface area contributed by atoms with Crippen molar-refractivity contribution in [2.24, 2.45) is 0 Å². The van der Waals surface area contributed by atoms with Gasteiger partial charge in [0.05, 0.1) is 18.3 Å². The summed E-state index contributed by atoms with van der Waals surface area (Å²) < 4.78 is 18.9. The first-order valence-electron chi connectivity index (χ1n) is 7.76. The average Bonchev–Trinajstić information content (AvgIpc) is 3.13. The van der Waals surface area contributed by atoms with Crippen LogP contribution in [0.4, 0.5) is 10.1 Å². The second-order valence-electron chi connectivity index (χ2n) is 5.45. The first kappa shape index (κ1) is 18.0. The number of nitrogens with zero attached hydrogens (tertiary/aromatic N) is 3. The maximum atomic E-state index is 13.7. The Hall–Kier alpha value is -2.84. The normalized spacial score (nSPS) is 12.0. The van der Waals surface area contributed by atoms with Gasteiger partial charge in [-0.3, -0.25) is 15.1 Å².